The summed E-state index contributed by atoms with van der Waals surface area (Å²) >= 11 is 0. The largest absolute Gasteiger partial charge is 0.404 e. The highest BCUT2D eigenvalue weighted by Crippen LogP contribution is 2.24. The fraction of sp³-hybridized carbons (Fsp3) is 0.500. The number of ether oxygens (including phenoxy) is 1. The number of aryl methyl sites for hydroxylation is 1. The Kier molecular flexibility index (Phi) is 12.3. The van der Waals surface area contributed by atoms with E-state index >= 15 is 0 Å². The van der Waals surface area contributed by atoms with Crippen molar-refractivity contribution in [3.63, 3.8) is 0 Å². The number of carbonyl (C=O) groups excluding carboxylic acids is 1. The number of pyridine rings is 1. The Bertz CT molecular complexity index is 752. The number of hydrogen-bond acceptors (Lipinski definition) is 3. The van der Waals surface area contributed by atoms with Gasteiger partial charge in [0.15, 0.2) is 0 Å². The average molecular weight is 422 g/mol. The van der Waals surface area contributed by atoms with Crippen molar-refractivity contribution in [1.82, 2.24) is 4.98 Å². The van der Waals surface area contributed by atoms with Gasteiger partial charge < -0.3 is 4.74 Å². The summed E-state index contributed by atoms with van der Waals surface area (Å²) in [5.41, 5.74) is 2.44. The van der Waals surface area contributed by atoms with E-state index in [0.717, 1.165) is 19.3 Å². The highest BCUT2D eigenvalue weighted by atomic mass is 16.5. The predicted molar refractivity (Wildman–Crippen MR) is 129 cm³/mol. The van der Waals surface area contributed by atoms with E-state index < -0.39 is 0 Å². The van der Waals surface area contributed by atoms with Crippen molar-refractivity contribution in [3.05, 3.63) is 71.9 Å². The summed E-state index contributed by atoms with van der Waals surface area (Å²) in [5, 5.41) is 0. The minimum Gasteiger partial charge on any atom is -0.404 e. The van der Waals surface area contributed by atoms with Crippen molar-refractivity contribution in [1.29, 1.82) is 0 Å². The monoisotopic (exact) mass is 421 g/mol. The van der Waals surface area contributed by atoms with Crippen LogP contribution in [0.2, 0.25) is 0 Å². The topological polar surface area (TPSA) is 39.2 Å². The van der Waals surface area contributed by atoms with Crippen LogP contribution in [0.3, 0.4) is 0 Å². The first-order valence-corrected chi connectivity index (χ1v) is 12.1. The zero-order valence-corrected chi connectivity index (χ0v) is 19.4. The molecule has 0 aliphatic rings. The maximum Gasteiger partial charge on any atom is 0.337 e. The number of unbranched alkanes of at least 4 members (excludes halogenated alkanes) is 7. The third-order valence-electron chi connectivity index (χ3n) is 5.63. The minimum absolute atomic E-state index is 0.230. The Morgan fingerprint density at radius 3 is 2.29 bits per heavy atom. The van der Waals surface area contributed by atoms with E-state index in [1.807, 2.05) is 24.4 Å². The number of aromatic nitrogens is 1. The molecule has 168 valence electrons. The van der Waals surface area contributed by atoms with Crippen LogP contribution in [0.4, 0.5) is 0 Å². The van der Waals surface area contributed by atoms with E-state index in [1.54, 1.807) is 12.1 Å². The van der Waals surface area contributed by atoms with Gasteiger partial charge in [0.25, 0.3) is 0 Å². The van der Waals surface area contributed by atoms with Gasteiger partial charge in [-0.1, -0.05) is 108 Å². The fourth-order valence-corrected chi connectivity index (χ4v) is 3.75. The van der Waals surface area contributed by atoms with Gasteiger partial charge in [0.05, 0.1) is 0 Å². The van der Waals surface area contributed by atoms with Gasteiger partial charge in [0, 0.05) is 24.3 Å². The number of carbonyl (C=O) groups is 1. The molecule has 0 amide bonds. The fourth-order valence-electron chi connectivity index (χ4n) is 3.75. The van der Waals surface area contributed by atoms with E-state index in [0.29, 0.717) is 5.88 Å². The van der Waals surface area contributed by atoms with Crippen LogP contribution in [0.5, 0.6) is 5.88 Å². The molecule has 0 radical (unpaired) electrons. The Labute approximate surface area is 188 Å². The first-order chi connectivity index (χ1) is 15.2. The molecule has 2 rings (SSSR count). The molecule has 31 heavy (non-hydrogen) atoms. The van der Waals surface area contributed by atoms with E-state index in [-0.39, 0.29) is 11.9 Å². The van der Waals surface area contributed by atoms with Crippen LogP contribution in [-0.4, -0.2) is 11.0 Å². The maximum absolute atomic E-state index is 12.3. The summed E-state index contributed by atoms with van der Waals surface area (Å²) in [6, 6.07) is 14.2. The molecular formula is C28H39NO2. The van der Waals surface area contributed by atoms with Crippen molar-refractivity contribution in [2.45, 2.75) is 90.4 Å². The first-order valence-electron chi connectivity index (χ1n) is 12.1. The number of esters is 1. The molecule has 0 saturated carbocycles. The average Bonchev–Trinajstić information content (AvgIpc) is 2.80. The standard InChI is InChI=1S/C28H39NO2/c1-3-5-7-9-11-15-24-19-21-27(29-23-24)31-28(30)22-20-26(18-12-8-6-4-2)25-16-13-10-14-17-25/h10,13-14,16-17,19-23,26H,3-9,11-12,15,18H2,1-2H3. The van der Waals surface area contributed by atoms with E-state index in [9.17, 15) is 4.79 Å². The second-order valence-electron chi connectivity index (χ2n) is 8.32. The summed E-state index contributed by atoms with van der Waals surface area (Å²) in [6.07, 6.45) is 18.6. The van der Waals surface area contributed by atoms with Gasteiger partial charge in [0.1, 0.15) is 0 Å². The lowest BCUT2D eigenvalue weighted by atomic mass is 9.92. The van der Waals surface area contributed by atoms with Gasteiger partial charge in [-0.2, -0.15) is 0 Å². The van der Waals surface area contributed by atoms with Crippen molar-refractivity contribution < 1.29 is 9.53 Å². The Hall–Kier alpha value is -2.42. The van der Waals surface area contributed by atoms with Gasteiger partial charge >= 0.3 is 5.97 Å². The maximum atomic E-state index is 12.3. The smallest absolute Gasteiger partial charge is 0.337 e. The van der Waals surface area contributed by atoms with Gasteiger partial charge in [0.2, 0.25) is 5.88 Å². The molecule has 3 nitrogen and oxygen atoms in total. The van der Waals surface area contributed by atoms with Gasteiger partial charge in [-0.3, -0.25) is 0 Å². The van der Waals surface area contributed by atoms with Crippen LogP contribution in [-0.2, 0) is 11.2 Å². The normalized spacial score (nSPS) is 12.2. The van der Waals surface area contributed by atoms with Crippen LogP contribution in [0.15, 0.2) is 60.8 Å². The van der Waals surface area contributed by atoms with Crippen LogP contribution >= 0.6 is 0 Å². The van der Waals surface area contributed by atoms with Crippen molar-refractivity contribution in [2.75, 3.05) is 0 Å². The van der Waals surface area contributed by atoms with Gasteiger partial charge in [-0.05, 0) is 30.4 Å². The minimum atomic E-state index is -0.366. The molecule has 3 heteroatoms. The first kappa shape index (κ1) is 24.8. The van der Waals surface area contributed by atoms with Crippen LogP contribution in [0.25, 0.3) is 0 Å². The second-order valence-corrected chi connectivity index (χ2v) is 8.32. The van der Waals surface area contributed by atoms with E-state index in [1.165, 1.54) is 62.5 Å². The van der Waals surface area contributed by atoms with E-state index in [4.69, 9.17) is 4.74 Å². The van der Waals surface area contributed by atoms with Crippen LogP contribution in [0, 0.1) is 0 Å². The van der Waals surface area contributed by atoms with E-state index in [2.05, 4.69) is 43.1 Å². The molecule has 1 heterocycles. The lowest BCUT2D eigenvalue weighted by Crippen LogP contribution is -2.06. The molecule has 0 spiro atoms. The lowest BCUT2D eigenvalue weighted by molar-refractivity contribution is -0.129. The Balaban J connectivity index is 1.85. The highest BCUT2D eigenvalue weighted by molar-refractivity contribution is 5.83. The molecule has 2 aromatic rings. The van der Waals surface area contributed by atoms with Crippen molar-refractivity contribution in [2.24, 2.45) is 0 Å². The molecule has 0 saturated heterocycles. The highest BCUT2D eigenvalue weighted by Gasteiger charge is 2.09. The molecule has 0 bridgehead atoms. The zero-order valence-electron chi connectivity index (χ0n) is 19.4. The van der Waals surface area contributed by atoms with Gasteiger partial charge in [-0.25, -0.2) is 9.78 Å². The lowest BCUT2D eigenvalue weighted by Gasteiger charge is -2.13. The molecule has 1 aromatic carbocycles. The summed E-state index contributed by atoms with van der Waals surface area (Å²) in [7, 11) is 0. The van der Waals surface area contributed by atoms with Crippen LogP contribution < -0.4 is 4.74 Å². The van der Waals surface area contributed by atoms with Gasteiger partial charge in [-0.15, -0.1) is 0 Å². The number of allylic oxidation sites excluding steroid dienone is 1. The number of rotatable bonds is 15. The third-order valence-corrected chi connectivity index (χ3v) is 5.63. The predicted octanol–water partition coefficient (Wildman–Crippen LogP) is 7.81. The molecule has 0 aliphatic heterocycles. The summed E-state index contributed by atoms with van der Waals surface area (Å²) < 4.78 is 5.42. The zero-order chi connectivity index (χ0) is 22.2. The molecule has 0 fully saturated rings. The Morgan fingerprint density at radius 2 is 1.61 bits per heavy atom. The number of benzene rings is 1. The summed E-state index contributed by atoms with van der Waals surface area (Å²) in [6.45, 7) is 4.45. The number of hydrogen-bond donors (Lipinski definition) is 0. The third kappa shape index (κ3) is 10.4. The summed E-state index contributed by atoms with van der Waals surface area (Å²) in [4.78, 5) is 16.6. The Morgan fingerprint density at radius 1 is 0.903 bits per heavy atom. The quantitative estimate of drug-likeness (QED) is 0.167. The SMILES string of the molecule is CCCCCCCc1ccc(OC(=O)C=CC(CCCCCC)c2ccccc2)nc1. The van der Waals surface area contributed by atoms with Crippen LogP contribution in [0.1, 0.15) is 95.1 Å². The van der Waals surface area contributed by atoms with Crippen molar-refractivity contribution in [3.8, 4) is 5.88 Å². The molecular weight excluding hydrogens is 382 g/mol. The number of nitrogens with zero attached hydrogens (tertiary/aromatic N) is 1. The molecule has 1 atom stereocenters. The molecule has 1 unspecified atom stereocenters. The molecule has 0 N–H and O–H groups in total. The molecule has 1 aromatic heterocycles. The molecule has 0 aliphatic carbocycles. The van der Waals surface area contributed by atoms with Crippen molar-refractivity contribution >= 4 is 5.97 Å². The second kappa shape index (κ2) is 15.4. The summed E-state index contributed by atoms with van der Waals surface area (Å²) in [5.74, 6) is 0.228.